The highest BCUT2D eigenvalue weighted by molar-refractivity contribution is 8.18. The first kappa shape index (κ1) is 18.4. The molecule has 2 aromatic rings. The SMILES string of the molecule is Cc1ccc(/C=C2/SC(=O)N(Cc3ccccc3C#N)C2=O)cc1[N+](=O)[O-]. The average molecular weight is 379 g/mol. The Morgan fingerprint density at radius 1 is 1.26 bits per heavy atom. The molecule has 2 aromatic carbocycles. The number of carbonyl (C=O) groups excluding carboxylic acids is 2. The zero-order valence-electron chi connectivity index (χ0n) is 14.2. The van der Waals surface area contributed by atoms with Crippen molar-refractivity contribution in [2.24, 2.45) is 0 Å². The van der Waals surface area contributed by atoms with Crippen LogP contribution in [0.2, 0.25) is 0 Å². The number of imide groups is 1. The molecule has 0 radical (unpaired) electrons. The van der Waals surface area contributed by atoms with Crippen LogP contribution in [0.1, 0.15) is 22.3 Å². The van der Waals surface area contributed by atoms with Gasteiger partial charge in [0.2, 0.25) is 0 Å². The van der Waals surface area contributed by atoms with E-state index in [0.717, 1.165) is 16.7 Å². The third-order valence-corrected chi connectivity index (χ3v) is 4.97. The van der Waals surface area contributed by atoms with Crippen molar-refractivity contribution in [3.8, 4) is 6.07 Å². The Bertz CT molecular complexity index is 1040. The highest BCUT2D eigenvalue weighted by Gasteiger charge is 2.35. The van der Waals surface area contributed by atoms with Crippen molar-refractivity contribution in [3.05, 3.63) is 79.7 Å². The monoisotopic (exact) mass is 379 g/mol. The summed E-state index contributed by atoms with van der Waals surface area (Å²) in [6, 6.07) is 13.4. The average Bonchev–Trinajstić information content (AvgIpc) is 2.91. The van der Waals surface area contributed by atoms with Crippen LogP contribution in [0.15, 0.2) is 47.4 Å². The number of nitriles is 1. The van der Waals surface area contributed by atoms with Crippen LogP contribution in [0, 0.1) is 28.4 Å². The Morgan fingerprint density at radius 3 is 2.70 bits per heavy atom. The highest BCUT2D eigenvalue weighted by Crippen LogP contribution is 2.34. The molecular formula is C19H13N3O4S. The second kappa shape index (κ2) is 7.43. The standard InChI is InChI=1S/C19H13N3O4S/c1-12-6-7-13(8-16(12)22(25)26)9-17-18(23)21(19(24)27-17)11-15-5-3-2-4-14(15)10-20/h2-9H,11H2,1H3/b17-9+. The van der Waals surface area contributed by atoms with Gasteiger partial charge in [-0.15, -0.1) is 0 Å². The first-order valence-electron chi connectivity index (χ1n) is 7.89. The Hall–Kier alpha value is -3.44. The molecule has 0 spiro atoms. The van der Waals surface area contributed by atoms with Crippen molar-refractivity contribution in [2.75, 3.05) is 0 Å². The smallest absolute Gasteiger partial charge is 0.268 e. The Balaban J connectivity index is 1.88. The molecule has 1 heterocycles. The van der Waals surface area contributed by atoms with Crippen LogP contribution >= 0.6 is 11.8 Å². The van der Waals surface area contributed by atoms with Crippen LogP contribution in [0.3, 0.4) is 0 Å². The molecule has 0 aromatic heterocycles. The Morgan fingerprint density at radius 2 is 2.00 bits per heavy atom. The van der Waals surface area contributed by atoms with Gasteiger partial charge in [0, 0.05) is 11.6 Å². The molecule has 0 bridgehead atoms. The molecule has 8 heteroatoms. The van der Waals surface area contributed by atoms with Gasteiger partial charge in [-0.1, -0.05) is 30.3 Å². The normalized spacial score (nSPS) is 15.3. The van der Waals surface area contributed by atoms with Gasteiger partial charge in [-0.05, 0) is 42.0 Å². The molecule has 2 amide bonds. The highest BCUT2D eigenvalue weighted by atomic mass is 32.2. The molecule has 0 aliphatic carbocycles. The molecule has 134 valence electrons. The van der Waals surface area contributed by atoms with E-state index in [1.54, 1.807) is 43.3 Å². The third kappa shape index (κ3) is 3.73. The minimum atomic E-state index is -0.489. The summed E-state index contributed by atoms with van der Waals surface area (Å²) in [5.41, 5.74) is 1.91. The summed E-state index contributed by atoms with van der Waals surface area (Å²) >= 11 is 0.774. The number of nitro groups is 1. The van der Waals surface area contributed by atoms with E-state index in [0.29, 0.717) is 22.3 Å². The maximum absolute atomic E-state index is 12.6. The molecule has 1 aliphatic heterocycles. The van der Waals surface area contributed by atoms with Gasteiger partial charge >= 0.3 is 0 Å². The molecule has 27 heavy (non-hydrogen) atoms. The number of thioether (sulfide) groups is 1. The van der Waals surface area contributed by atoms with E-state index in [9.17, 15) is 19.7 Å². The van der Waals surface area contributed by atoms with Crippen molar-refractivity contribution < 1.29 is 14.5 Å². The molecule has 1 fully saturated rings. The fourth-order valence-electron chi connectivity index (χ4n) is 2.64. The fourth-order valence-corrected chi connectivity index (χ4v) is 3.48. The van der Waals surface area contributed by atoms with Gasteiger partial charge in [0.1, 0.15) is 0 Å². The minimum absolute atomic E-state index is 0.000213. The molecule has 3 rings (SSSR count). The van der Waals surface area contributed by atoms with Crippen LogP contribution in [0.5, 0.6) is 0 Å². The van der Waals surface area contributed by atoms with Crippen LogP contribution in [0.25, 0.3) is 6.08 Å². The zero-order chi connectivity index (χ0) is 19.6. The summed E-state index contributed by atoms with van der Waals surface area (Å²) < 4.78 is 0. The summed E-state index contributed by atoms with van der Waals surface area (Å²) in [4.78, 5) is 36.7. The quantitative estimate of drug-likeness (QED) is 0.451. The second-order valence-electron chi connectivity index (χ2n) is 5.84. The lowest BCUT2D eigenvalue weighted by Crippen LogP contribution is -2.27. The number of hydrogen-bond donors (Lipinski definition) is 0. The predicted molar refractivity (Wildman–Crippen MR) is 101 cm³/mol. The van der Waals surface area contributed by atoms with E-state index in [2.05, 4.69) is 0 Å². The maximum atomic E-state index is 12.6. The Kier molecular flexibility index (Phi) is 5.05. The summed E-state index contributed by atoms with van der Waals surface area (Å²) in [5, 5.41) is 19.8. The van der Waals surface area contributed by atoms with E-state index in [1.807, 2.05) is 6.07 Å². The van der Waals surface area contributed by atoms with Crippen molar-refractivity contribution in [1.82, 2.24) is 4.90 Å². The van der Waals surface area contributed by atoms with Gasteiger partial charge in [-0.2, -0.15) is 5.26 Å². The summed E-state index contributed by atoms with van der Waals surface area (Å²) in [5.74, 6) is -0.485. The first-order valence-corrected chi connectivity index (χ1v) is 8.71. The number of hydrogen-bond acceptors (Lipinski definition) is 6. The topological polar surface area (TPSA) is 104 Å². The van der Waals surface area contributed by atoms with Gasteiger partial charge in [-0.25, -0.2) is 0 Å². The minimum Gasteiger partial charge on any atom is -0.268 e. The van der Waals surface area contributed by atoms with Gasteiger partial charge in [0.25, 0.3) is 16.8 Å². The Labute approximate surface area is 159 Å². The van der Waals surface area contributed by atoms with E-state index in [4.69, 9.17) is 5.26 Å². The second-order valence-corrected chi connectivity index (χ2v) is 6.83. The van der Waals surface area contributed by atoms with Crippen molar-refractivity contribution in [2.45, 2.75) is 13.5 Å². The number of aryl methyl sites for hydroxylation is 1. The van der Waals surface area contributed by atoms with Crippen molar-refractivity contribution >= 4 is 34.7 Å². The molecule has 0 N–H and O–H groups in total. The molecule has 1 saturated heterocycles. The lowest BCUT2D eigenvalue weighted by molar-refractivity contribution is -0.385. The number of nitrogens with zero attached hydrogens (tertiary/aromatic N) is 3. The molecule has 0 saturated carbocycles. The summed E-state index contributed by atoms with van der Waals surface area (Å²) in [6.07, 6.45) is 1.47. The molecule has 0 atom stereocenters. The lowest BCUT2D eigenvalue weighted by Gasteiger charge is -2.13. The van der Waals surface area contributed by atoms with Gasteiger partial charge in [0.15, 0.2) is 0 Å². The van der Waals surface area contributed by atoms with Crippen molar-refractivity contribution in [1.29, 1.82) is 5.26 Å². The molecule has 0 unspecified atom stereocenters. The number of nitro benzene ring substituents is 1. The number of benzene rings is 2. The first-order chi connectivity index (χ1) is 12.9. The maximum Gasteiger partial charge on any atom is 0.293 e. The van der Waals surface area contributed by atoms with Crippen molar-refractivity contribution in [3.63, 3.8) is 0 Å². The van der Waals surface area contributed by atoms with E-state index < -0.39 is 16.1 Å². The van der Waals surface area contributed by atoms with E-state index in [-0.39, 0.29) is 17.1 Å². The lowest BCUT2D eigenvalue weighted by atomic mass is 10.1. The van der Waals surface area contributed by atoms with Crippen LogP contribution in [0.4, 0.5) is 10.5 Å². The van der Waals surface area contributed by atoms with Gasteiger partial charge < -0.3 is 0 Å². The van der Waals surface area contributed by atoms with Gasteiger partial charge in [0.05, 0.1) is 28.0 Å². The predicted octanol–water partition coefficient (Wildman–Crippen LogP) is 4.01. The fraction of sp³-hybridized carbons (Fsp3) is 0.105. The van der Waals surface area contributed by atoms with E-state index in [1.165, 1.54) is 12.1 Å². The summed E-state index contributed by atoms with van der Waals surface area (Å²) in [7, 11) is 0. The summed E-state index contributed by atoms with van der Waals surface area (Å²) in [6.45, 7) is 1.63. The van der Waals surface area contributed by atoms with Crippen LogP contribution in [-0.4, -0.2) is 21.0 Å². The molecule has 7 nitrogen and oxygen atoms in total. The van der Waals surface area contributed by atoms with Crippen LogP contribution in [-0.2, 0) is 11.3 Å². The molecular weight excluding hydrogens is 366 g/mol. The number of rotatable bonds is 4. The molecule has 1 aliphatic rings. The van der Waals surface area contributed by atoms with Gasteiger partial charge in [-0.3, -0.25) is 24.6 Å². The van der Waals surface area contributed by atoms with Crippen LogP contribution < -0.4 is 0 Å². The third-order valence-electron chi connectivity index (χ3n) is 4.07. The largest absolute Gasteiger partial charge is 0.293 e. The number of carbonyl (C=O) groups is 2. The number of amides is 2. The zero-order valence-corrected chi connectivity index (χ0v) is 15.0. The van der Waals surface area contributed by atoms with E-state index >= 15 is 0 Å².